The van der Waals surface area contributed by atoms with Gasteiger partial charge in [0.05, 0.1) is 12.3 Å². The quantitative estimate of drug-likeness (QED) is 0.733. The average Bonchev–Trinajstić information content (AvgIpc) is 3.04. The Kier molecular flexibility index (Phi) is 4.96. The van der Waals surface area contributed by atoms with E-state index in [-0.39, 0.29) is 18.2 Å². The van der Waals surface area contributed by atoms with E-state index >= 15 is 0 Å². The Bertz CT molecular complexity index is 980. The van der Waals surface area contributed by atoms with Gasteiger partial charge in [-0.05, 0) is 30.5 Å². The van der Waals surface area contributed by atoms with Crippen LogP contribution >= 0.6 is 0 Å². The summed E-state index contributed by atoms with van der Waals surface area (Å²) in [4.78, 5) is 4.26. The van der Waals surface area contributed by atoms with E-state index in [1.54, 1.807) is 6.07 Å². The molecule has 6 nitrogen and oxygen atoms in total. The van der Waals surface area contributed by atoms with E-state index in [9.17, 15) is 8.42 Å². The van der Waals surface area contributed by atoms with E-state index in [2.05, 4.69) is 14.9 Å². The summed E-state index contributed by atoms with van der Waals surface area (Å²) >= 11 is 0. The van der Waals surface area contributed by atoms with Gasteiger partial charge in [0.2, 0.25) is 21.7 Å². The number of nitrogens with zero attached hydrogens (tertiary/aromatic N) is 2. The molecule has 0 spiro atoms. The maximum atomic E-state index is 12.3. The van der Waals surface area contributed by atoms with Crippen molar-refractivity contribution in [1.82, 2.24) is 14.9 Å². The number of rotatable bonds is 6. The van der Waals surface area contributed by atoms with Crippen molar-refractivity contribution < 1.29 is 12.9 Å². The summed E-state index contributed by atoms with van der Waals surface area (Å²) < 4.78 is 32.2. The predicted octanol–water partition coefficient (Wildman–Crippen LogP) is 2.97. The zero-order valence-corrected chi connectivity index (χ0v) is 14.9. The van der Waals surface area contributed by atoms with Crippen molar-refractivity contribution >= 4 is 10.0 Å². The molecule has 0 unspecified atom stereocenters. The van der Waals surface area contributed by atoms with Gasteiger partial charge in [-0.1, -0.05) is 53.7 Å². The predicted molar refractivity (Wildman–Crippen MR) is 95.1 cm³/mol. The molecule has 0 saturated heterocycles. The van der Waals surface area contributed by atoms with Crippen molar-refractivity contribution in [2.75, 3.05) is 0 Å². The molecule has 130 valence electrons. The highest BCUT2D eigenvalue weighted by Gasteiger charge is 2.16. The average molecular weight is 357 g/mol. The third kappa shape index (κ3) is 4.32. The zero-order chi connectivity index (χ0) is 17.9. The van der Waals surface area contributed by atoms with Gasteiger partial charge in [-0.2, -0.15) is 4.98 Å². The van der Waals surface area contributed by atoms with Gasteiger partial charge in [0.15, 0.2) is 0 Å². The fourth-order valence-corrected chi connectivity index (χ4v) is 3.64. The van der Waals surface area contributed by atoms with Crippen LogP contribution < -0.4 is 4.72 Å². The van der Waals surface area contributed by atoms with Crippen LogP contribution in [0.1, 0.15) is 22.6 Å². The lowest BCUT2D eigenvalue weighted by molar-refractivity contribution is 0.376. The minimum atomic E-state index is -3.50. The van der Waals surface area contributed by atoms with Gasteiger partial charge < -0.3 is 4.52 Å². The smallest absolute Gasteiger partial charge is 0.242 e. The first-order chi connectivity index (χ1) is 11.9. The summed E-state index contributed by atoms with van der Waals surface area (Å²) in [6, 6.07) is 15.1. The first-order valence-electron chi connectivity index (χ1n) is 7.85. The van der Waals surface area contributed by atoms with E-state index in [1.165, 1.54) is 0 Å². The molecule has 0 atom stereocenters. The molecule has 0 aliphatic rings. The molecule has 0 aliphatic carbocycles. The molecule has 0 bridgehead atoms. The van der Waals surface area contributed by atoms with E-state index in [0.29, 0.717) is 5.82 Å². The highest BCUT2D eigenvalue weighted by molar-refractivity contribution is 7.88. The number of sulfonamides is 1. The second kappa shape index (κ2) is 7.16. The Morgan fingerprint density at radius 1 is 1.00 bits per heavy atom. The summed E-state index contributed by atoms with van der Waals surface area (Å²) in [6.07, 6.45) is 0. The van der Waals surface area contributed by atoms with Crippen LogP contribution in [0.25, 0.3) is 11.4 Å². The number of benzene rings is 2. The highest BCUT2D eigenvalue weighted by atomic mass is 32.2. The molecule has 0 amide bonds. The van der Waals surface area contributed by atoms with Crippen LogP contribution in [0.3, 0.4) is 0 Å². The van der Waals surface area contributed by atoms with Crippen LogP contribution in [0.15, 0.2) is 53.1 Å². The largest absolute Gasteiger partial charge is 0.338 e. The standard InChI is InChI=1S/C18H19N3O3S/c1-13-7-3-5-9-15(13)12-25(22,23)19-11-17-20-18(21-24-17)16-10-6-4-8-14(16)2/h3-10,19H,11-12H2,1-2H3. The molecule has 7 heteroatoms. The minimum Gasteiger partial charge on any atom is -0.338 e. The lowest BCUT2D eigenvalue weighted by Gasteiger charge is -2.07. The molecule has 1 N–H and O–H groups in total. The lowest BCUT2D eigenvalue weighted by atomic mass is 10.1. The molecule has 1 heterocycles. The minimum absolute atomic E-state index is 0.0346. The molecule has 0 saturated carbocycles. The van der Waals surface area contributed by atoms with Gasteiger partial charge in [0, 0.05) is 5.56 Å². The van der Waals surface area contributed by atoms with E-state index < -0.39 is 10.0 Å². The van der Waals surface area contributed by atoms with E-state index in [0.717, 1.165) is 22.3 Å². The third-order valence-electron chi connectivity index (χ3n) is 3.90. The molecule has 3 rings (SSSR count). The number of nitrogens with one attached hydrogen (secondary N) is 1. The molecule has 0 radical (unpaired) electrons. The van der Waals surface area contributed by atoms with Crippen molar-refractivity contribution in [3.63, 3.8) is 0 Å². The van der Waals surface area contributed by atoms with Crippen LogP contribution in [0.2, 0.25) is 0 Å². The van der Waals surface area contributed by atoms with Gasteiger partial charge in [-0.15, -0.1) is 0 Å². The van der Waals surface area contributed by atoms with Crippen LogP contribution in [0.4, 0.5) is 0 Å². The third-order valence-corrected chi connectivity index (χ3v) is 5.18. The second-order valence-corrected chi connectivity index (χ2v) is 7.64. The zero-order valence-electron chi connectivity index (χ0n) is 14.1. The van der Waals surface area contributed by atoms with Crippen molar-refractivity contribution in [2.45, 2.75) is 26.1 Å². The normalized spacial score (nSPS) is 11.6. The van der Waals surface area contributed by atoms with Gasteiger partial charge >= 0.3 is 0 Å². The number of aromatic nitrogens is 2. The van der Waals surface area contributed by atoms with Gasteiger partial charge in [-0.25, -0.2) is 13.1 Å². The summed E-state index contributed by atoms with van der Waals surface area (Å²) in [5.74, 6) is 0.594. The Morgan fingerprint density at radius 2 is 1.68 bits per heavy atom. The molecule has 0 aliphatic heterocycles. The molecule has 1 aromatic heterocycles. The maximum Gasteiger partial charge on any atom is 0.242 e. The Labute approximate surface area is 147 Å². The topological polar surface area (TPSA) is 85.1 Å². The van der Waals surface area contributed by atoms with E-state index in [4.69, 9.17) is 4.52 Å². The summed E-state index contributed by atoms with van der Waals surface area (Å²) in [5.41, 5.74) is 3.59. The van der Waals surface area contributed by atoms with Crippen molar-refractivity contribution in [1.29, 1.82) is 0 Å². The fraction of sp³-hybridized carbons (Fsp3) is 0.222. The van der Waals surface area contributed by atoms with Crippen LogP contribution in [-0.2, 0) is 22.3 Å². The van der Waals surface area contributed by atoms with Crippen molar-refractivity contribution in [3.05, 3.63) is 71.1 Å². The summed E-state index contributed by atoms with van der Waals surface area (Å²) in [7, 11) is -3.50. The molecule has 0 fully saturated rings. The van der Waals surface area contributed by atoms with Crippen LogP contribution in [-0.4, -0.2) is 18.6 Å². The van der Waals surface area contributed by atoms with Crippen LogP contribution in [0.5, 0.6) is 0 Å². The molecule has 2 aromatic carbocycles. The SMILES string of the molecule is Cc1ccccc1CS(=O)(=O)NCc1nc(-c2ccccc2C)no1. The van der Waals surface area contributed by atoms with Crippen LogP contribution in [0, 0.1) is 13.8 Å². The number of hydrogen-bond acceptors (Lipinski definition) is 5. The van der Waals surface area contributed by atoms with Crippen molar-refractivity contribution in [3.8, 4) is 11.4 Å². The van der Waals surface area contributed by atoms with E-state index in [1.807, 2.05) is 56.3 Å². The number of aryl methyl sites for hydroxylation is 2. The molecular formula is C18H19N3O3S. The van der Waals surface area contributed by atoms with Gasteiger partial charge in [-0.3, -0.25) is 0 Å². The second-order valence-electron chi connectivity index (χ2n) is 5.83. The van der Waals surface area contributed by atoms with Gasteiger partial charge in [0.25, 0.3) is 0 Å². The maximum absolute atomic E-state index is 12.3. The first kappa shape index (κ1) is 17.3. The lowest BCUT2D eigenvalue weighted by Crippen LogP contribution is -2.25. The molecule has 25 heavy (non-hydrogen) atoms. The summed E-state index contributed by atoms with van der Waals surface area (Å²) in [5, 5.41) is 3.93. The fourth-order valence-electron chi connectivity index (χ4n) is 2.46. The van der Waals surface area contributed by atoms with Gasteiger partial charge in [0.1, 0.15) is 0 Å². The Hall–Kier alpha value is -2.51. The first-order valence-corrected chi connectivity index (χ1v) is 9.50. The molecule has 3 aromatic rings. The van der Waals surface area contributed by atoms with Crippen molar-refractivity contribution in [2.24, 2.45) is 0 Å². The Balaban J connectivity index is 1.68. The summed E-state index contributed by atoms with van der Waals surface area (Å²) in [6.45, 7) is 3.81. The number of hydrogen-bond donors (Lipinski definition) is 1. The highest BCUT2D eigenvalue weighted by Crippen LogP contribution is 2.19. The molecular weight excluding hydrogens is 338 g/mol. The Morgan fingerprint density at radius 3 is 2.40 bits per heavy atom. The monoisotopic (exact) mass is 357 g/mol.